The van der Waals surface area contributed by atoms with Gasteiger partial charge in [-0.05, 0) is 0 Å². The molecule has 1 aromatic carbocycles. The Labute approximate surface area is 309 Å². The average molecular weight is 1010 g/mol. The molecule has 49 heavy (non-hydrogen) atoms. The Balaban J connectivity index is 1.37. The maximum absolute atomic E-state index is 12.5. The maximum atomic E-state index is 12.5. The Hall–Kier alpha value is -0.670. The van der Waals surface area contributed by atoms with Crippen LogP contribution in [-0.2, 0) is 36.3 Å². The van der Waals surface area contributed by atoms with Gasteiger partial charge in [0.15, 0.2) is 0 Å². The van der Waals surface area contributed by atoms with Crippen LogP contribution in [0.2, 0.25) is 0 Å². The molecule has 0 aliphatic carbocycles. The molecule has 5 atom stereocenters. The quantitative estimate of drug-likeness (QED) is 0.0309. The summed E-state index contributed by atoms with van der Waals surface area (Å²) in [6.45, 7) is 4.87. The first-order valence-corrected chi connectivity index (χ1v) is 23.5. The SMILES string of the molecule is Cc1cn([C@H]2CC(OCSSC(C)(C)[I-]c3ccc(-c4nnc(I)nn4)cc3)[C@@H](COP(=O)(O)OP(=O)(O)OP(=O)(O)O)O2)c(=O)[nH]c1=O. The molecule has 1 fully saturated rings. The van der Waals surface area contributed by atoms with Crippen LogP contribution in [0.25, 0.3) is 11.4 Å². The number of H-pyrrole nitrogens is 1. The van der Waals surface area contributed by atoms with Gasteiger partial charge in [-0.2, -0.15) is 4.31 Å². The smallest absolute Gasteiger partial charge is 0.269 e. The first kappa shape index (κ1) is 41.1. The van der Waals surface area contributed by atoms with Crippen LogP contribution in [0.3, 0.4) is 0 Å². The number of halogens is 2. The molecular weight excluding hydrogens is 983 g/mol. The van der Waals surface area contributed by atoms with Crippen LogP contribution in [0.5, 0.6) is 0 Å². The molecule has 27 heteroatoms. The summed E-state index contributed by atoms with van der Waals surface area (Å²) >= 11 is 1.42. The summed E-state index contributed by atoms with van der Waals surface area (Å²) in [6, 6.07) is 7.83. The van der Waals surface area contributed by atoms with Crippen molar-refractivity contribution >= 4 is 67.6 Å². The Bertz CT molecular complexity index is 1880. The average Bonchev–Trinajstić information content (AvgIpc) is 3.38. The number of nitrogens with one attached hydrogen (secondary N) is 1. The first-order valence-electron chi connectivity index (χ1n) is 13.4. The summed E-state index contributed by atoms with van der Waals surface area (Å²) in [5.74, 6) is 0.526. The van der Waals surface area contributed by atoms with Gasteiger partial charge in [0.25, 0.3) is 0 Å². The van der Waals surface area contributed by atoms with E-state index in [1.165, 1.54) is 23.9 Å². The van der Waals surface area contributed by atoms with Crippen molar-refractivity contribution in [2.24, 2.45) is 0 Å². The number of phosphoric acid groups is 3. The van der Waals surface area contributed by atoms with E-state index in [-0.39, 0.29) is 20.7 Å². The fraction of sp³-hybridized carbons (Fsp3) is 0.455. The molecule has 3 aromatic rings. The van der Waals surface area contributed by atoms with E-state index in [0.717, 1.165) is 13.7 Å². The van der Waals surface area contributed by atoms with Gasteiger partial charge in [-0.15, -0.1) is 0 Å². The van der Waals surface area contributed by atoms with E-state index in [9.17, 15) is 33.1 Å². The fourth-order valence-corrected chi connectivity index (χ4v) is 13.9. The molecule has 3 heterocycles. The second kappa shape index (κ2) is 17.0. The number of phosphoric ester groups is 1. The van der Waals surface area contributed by atoms with Crippen molar-refractivity contribution in [3.8, 4) is 11.4 Å². The Morgan fingerprint density at radius 2 is 1.71 bits per heavy atom. The minimum Gasteiger partial charge on any atom is -0.269 e. The molecule has 20 nitrogen and oxygen atoms in total. The molecule has 2 aromatic heterocycles. The van der Waals surface area contributed by atoms with Gasteiger partial charge in [0.1, 0.15) is 0 Å². The number of aromatic nitrogens is 6. The summed E-state index contributed by atoms with van der Waals surface area (Å²) in [4.78, 5) is 63.4. The van der Waals surface area contributed by atoms with E-state index in [1.807, 2.05) is 46.9 Å². The Kier molecular flexibility index (Phi) is 14.2. The van der Waals surface area contributed by atoms with Gasteiger partial charge in [-0.25, -0.2) is 9.13 Å². The van der Waals surface area contributed by atoms with E-state index in [4.69, 9.17) is 23.8 Å². The van der Waals surface area contributed by atoms with Crippen molar-refractivity contribution in [2.45, 2.75) is 48.4 Å². The van der Waals surface area contributed by atoms with Gasteiger partial charge in [0.2, 0.25) is 0 Å². The number of nitrogens with zero attached hydrogens (tertiary/aromatic N) is 5. The Morgan fingerprint density at radius 1 is 1.06 bits per heavy atom. The zero-order valence-electron chi connectivity index (χ0n) is 25.3. The number of ether oxygens (including phenoxy) is 2. The fourth-order valence-electron chi connectivity index (χ4n) is 4.02. The molecule has 0 saturated carbocycles. The number of hydrogen-bond acceptors (Lipinski definition) is 16. The van der Waals surface area contributed by atoms with Crippen molar-refractivity contribution in [1.82, 2.24) is 29.9 Å². The Morgan fingerprint density at radius 3 is 2.35 bits per heavy atom. The summed E-state index contributed by atoms with van der Waals surface area (Å²) in [7, 11) is -13.8. The molecule has 0 bridgehead atoms. The number of rotatable bonds is 16. The molecule has 3 unspecified atom stereocenters. The van der Waals surface area contributed by atoms with E-state index in [1.54, 1.807) is 10.8 Å². The van der Waals surface area contributed by atoms with Gasteiger partial charge < -0.3 is 14.7 Å². The van der Waals surface area contributed by atoms with Crippen LogP contribution in [-0.4, -0.2) is 77.0 Å². The van der Waals surface area contributed by atoms with E-state index >= 15 is 0 Å². The standard InChI is InChI=1S/C22H28I2N6O14P3S2/c1-12-9-30(21(32)25-19(12)31)17-8-15(16(42-17)10-41-46(36,37)44-47(38,39)43-45(33,34)35)40-11-48-49-22(2,3)24-14-6-4-13(5-7-14)18-26-28-20(23)29-27-18/h4-7,9,15-17H,8,10-11H2,1-3H3,(H,36,37)(H,38,39)(H,25,31,32)(H2,33,34,35)/q-1/t15?,16-,17-/m1/s1. The first-order chi connectivity index (χ1) is 22.7. The van der Waals surface area contributed by atoms with Crippen LogP contribution < -0.4 is 32.5 Å². The van der Waals surface area contributed by atoms with Crippen molar-refractivity contribution in [1.29, 1.82) is 0 Å². The molecule has 0 radical (unpaired) electrons. The second-order valence-corrected chi connectivity index (χ2v) is 23.7. The summed E-state index contributed by atoms with van der Waals surface area (Å²) < 4.78 is 61.6. The predicted octanol–water partition coefficient (Wildman–Crippen LogP) is -0.254. The van der Waals surface area contributed by atoms with Gasteiger partial charge in [-0.3, -0.25) is 4.79 Å². The molecule has 5 N–H and O–H groups in total. The summed E-state index contributed by atoms with van der Waals surface area (Å²) in [5, 5.41) is 15.9. The number of alkyl halides is 1. The van der Waals surface area contributed by atoms with E-state index in [2.05, 4.69) is 47.8 Å². The third kappa shape index (κ3) is 13.0. The minimum absolute atomic E-state index is 0.0268. The minimum atomic E-state index is -5.74. The number of aryl methyl sites for hydroxylation is 1. The van der Waals surface area contributed by atoms with Crippen LogP contribution >= 0.6 is 67.6 Å². The third-order valence-corrected chi connectivity index (χ3v) is 17.5. The van der Waals surface area contributed by atoms with Gasteiger partial charge in [-0.1, -0.05) is 0 Å². The molecular formula is C22H28I2N6O14P3S2-. The normalized spacial score (nSPS) is 21.0. The van der Waals surface area contributed by atoms with E-state index in [0.29, 0.717) is 9.66 Å². The summed E-state index contributed by atoms with van der Waals surface area (Å²) in [6.07, 6.45) is -1.72. The number of benzene rings is 1. The van der Waals surface area contributed by atoms with Crippen molar-refractivity contribution in [2.75, 3.05) is 12.5 Å². The van der Waals surface area contributed by atoms with Crippen LogP contribution in [0, 0.1) is 14.3 Å². The third-order valence-electron chi connectivity index (χ3n) is 5.94. The van der Waals surface area contributed by atoms with Crippen molar-refractivity contribution in [3.63, 3.8) is 0 Å². The number of hydrogen-bond donors (Lipinski definition) is 5. The van der Waals surface area contributed by atoms with E-state index < -0.39 is 81.0 Å². The second-order valence-electron chi connectivity index (χ2n) is 10.2. The van der Waals surface area contributed by atoms with Crippen LogP contribution in [0.1, 0.15) is 32.1 Å². The molecule has 1 aliphatic heterocycles. The molecule has 272 valence electrons. The van der Waals surface area contributed by atoms with Crippen LogP contribution in [0.15, 0.2) is 40.1 Å². The van der Waals surface area contributed by atoms with Crippen molar-refractivity contribution < 1.29 is 77.1 Å². The summed E-state index contributed by atoms with van der Waals surface area (Å²) in [5.41, 5.74) is -0.380. The zero-order chi connectivity index (χ0) is 36.2. The molecule has 1 saturated heterocycles. The number of aromatic amines is 1. The van der Waals surface area contributed by atoms with Crippen LogP contribution in [0.4, 0.5) is 0 Å². The zero-order valence-corrected chi connectivity index (χ0v) is 33.9. The molecule has 0 amide bonds. The topological polar surface area (TPSA) is 285 Å². The monoisotopic (exact) mass is 1010 g/mol. The van der Waals surface area contributed by atoms with Gasteiger partial charge in [0.05, 0.1) is 0 Å². The molecule has 0 spiro atoms. The molecule has 1 aliphatic rings. The molecule has 4 rings (SSSR count). The van der Waals surface area contributed by atoms with Gasteiger partial charge in [0, 0.05) is 0 Å². The van der Waals surface area contributed by atoms with Crippen molar-refractivity contribution in [3.05, 3.63) is 64.3 Å². The van der Waals surface area contributed by atoms with Gasteiger partial charge >= 0.3 is 278 Å². The predicted molar refractivity (Wildman–Crippen MR) is 178 cm³/mol.